The number of rotatable bonds is 7. The molecule has 1 aromatic carbocycles. The van der Waals surface area contributed by atoms with Crippen LogP contribution >= 0.6 is 0 Å². The Morgan fingerprint density at radius 1 is 1.22 bits per heavy atom. The average molecular weight is 439 g/mol. The lowest BCUT2D eigenvalue weighted by atomic mass is 10.00. The fourth-order valence-electron chi connectivity index (χ4n) is 3.07. The quantitative estimate of drug-likeness (QED) is 0.538. The molecule has 2 heterocycles. The van der Waals surface area contributed by atoms with Crippen molar-refractivity contribution in [3.63, 3.8) is 0 Å². The molecule has 3 amide bonds. The van der Waals surface area contributed by atoms with Gasteiger partial charge in [-0.25, -0.2) is 4.79 Å². The Hall–Kier alpha value is -4.28. The maximum atomic E-state index is 12.5. The van der Waals surface area contributed by atoms with E-state index in [9.17, 15) is 24.3 Å². The van der Waals surface area contributed by atoms with E-state index in [4.69, 9.17) is 4.74 Å². The number of hydrogen-bond acceptors (Lipinski definition) is 7. The van der Waals surface area contributed by atoms with E-state index in [2.05, 4.69) is 20.8 Å². The van der Waals surface area contributed by atoms with Crippen LogP contribution in [0.2, 0.25) is 0 Å². The molecule has 1 aliphatic rings. The lowest BCUT2D eigenvalue weighted by Gasteiger charge is -2.25. The van der Waals surface area contributed by atoms with Crippen molar-refractivity contribution in [2.75, 3.05) is 14.2 Å². The monoisotopic (exact) mass is 439 g/mol. The third kappa shape index (κ3) is 5.25. The van der Waals surface area contributed by atoms with E-state index in [1.807, 2.05) is 0 Å². The second-order valence-electron chi connectivity index (χ2n) is 6.95. The smallest absolute Gasteiger partial charge is 0.316 e. The first-order chi connectivity index (χ1) is 15.3. The maximum Gasteiger partial charge on any atom is 0.316 e. The summed E-state index contributed by atoms with van der Waals surface area (Å²) in [7, 11) is 2.93. The number of amides is 3. The predicted molar refractivity (Wildman–Crippen MR) is 111 cm³/mol. The van der Waals surface area contributed by atoms with Gasteiger partial charge in [0.05, 0.1) is 25.3 Å². The standard InChI is InChI=1S/C21H21N5O6/c1-26-9-8-16(27)19(20(26)30)23-21(31)22-15(11-18(28)29)13-5-3-4-12(10-13)14-6-7-17(32-2)25-24-14/h3-10,15,19H,11H2,1-2H3,(H,28,29)(H2,22,23,31). The van der Waals surface area contributed by atoms with Crippen LogP contribution in [0.25, 0.3) is 11.3 Å². The molecule has 3 rings (SSSR count). The summed E-state index contributed by atoms with van der Waals surface area (Å²) in [6, 6.07) is 6.97. The third-order valence-corrected chi connectivity index (χ3v) is 4.73. The van der Waals surface area contributed by atoms with E-state index >= 15 is 0 Å². The van der Waals surface area contributed by atoms with Crippen molar-refractivity contribution >= 4 is 23.7 Å². The minimum Gasteiger partial charge on any atom is -0.481 e. The van der Waals surface area contributed by atoms with Gasteiger partial charge in [0, 0.05) is 31.0 Å². The molecular formula is C21H21N5O6. The molecule has 32 heavy (non-hydrogen) atoms. The Labute approximate surface area is 183 Å². The first-order valence-electron chi connectivity index (χ1n) is 9.54. The second-order valence-corrected chi connectivity index (χ2v) is 6.95. The highest BCUT2D eigenvalue weighted by molar-refractivity contribution is 6.14. The van der Waals surface area contributed by atoms with Crippen LogP contribution in [0.3, 0.4) is 0 Å². The van der Waals surface area contributed by atoms with Crippen molar-refractivity contribution in [1.29, 1.82) is 0 Å². The van der Waals surface area contributed by atoms with Crippen molar-refractivity contribution < 1.29 is 29.0 Å². The molecule has 1 aliphatic heterocycles. The SMILES string of the molecule is COc1ccc(-c2cccc(C(CC(=O)O)NC(=O)NC3C(=O)C=CN(C)C3=O)c2)nn1. The summed E-state index contributed by atoms with van der Waals surface area (Å²) in [5.41, 5.74) is 1.68. The van der Waals surface area contributed by atoms with Gasteiger partial charge in [-0.1, -0.05) is 18.2 Å². The van der Waals surface area contributed by atoms with Gasteiger partial charge < -0.3 is 25.4 Å². The highest BCUT2D eigenvalue weighted by atomic mass is 16.5. The number of urea groups is 1. The van der Waals surface area contributed by atoms with E-state index in [0.29, 0.717) is 22.7 Å². The van der Waals surface area contributed by atoms with Gasteiger partial charge in [-0.15, -0.1) is 10.2 Å². The lowest BCUT2D eigenvalue weighted by Crippen LogP contribution is -2.55. The number of nitrogens with zero attached hydrogens (tertiary/aromatic N) is 3. The van der Waals surface area contributed by atoms with Crippen molar-refractivity contribution in [1.82, 2.24) is 25.7 Å². The van der Waals surface area contributed by atoms with E-state index in [0.717, 1.165) is 0 Å². The van der Waals surface area contributed by atoms with E-state index < -0.39 is 42.2 Å². The largest absolute Gasteiger partial charge is 0.481 e. The van der Waals surface area contributed by atoms with Gasteiger partial charge in [0.25, 0.3) is 5.91 Å². The van der Waals surface area contributed by atoms with Crippen LogP contribution in [0.1, 0.15) is 18.0 Å². The van der Waals surface area contributed by atoms with Gasteiger partial charge in [-0.3, -0.25) is 14.4 Å². The number of hydrogen-bond donors (Lipinski definition) is 3. The molecule has 0 fully saturated rings. The van der Waals surface area contributed by atoms with Crippen LogP contribution in [0, 0.1) is 0 Å². The molecule has 2 aromatic rings. The minimum absolute atomic E-state index is 0.347. The summed E-state index contributed by atoms with van der Waals surface area (Å²) in [5.74, 6) is -1.96. The average Bonchev–Trinajstić information content (AvgIpc) is 2.79. The van der Waals surface area contributed by atoms with Crippen molar-refractivity contribution in [3.05, 3.63) is 54.2 Å². The van der Waals surface area contributed by atoms with E-state index in [-0.39, 0.29) is 0 Å². The zero-order valence-electron chi connectivity index (χ0n) is 17.3. The van der Waals surface area contributed by atoms with Crippen LogP contribution in [0.4, 0.5) is 4.79 Å². The number of ketones is 1. The number of carbonyl (C=O) groups excluding carboxylic acids is 3. The Bertz CT molecular complexity index is 1070. The van der Waals surface area contributed by atoms with Gasteiger partial charge in [0.2, 0.25) is 5.88 Å². The lowest BCUT2D eigenvalue weighted by molar-refractivity contribution is -0.138. The molecule has 11 heteroatoms. The summed E-state index contributed by atoms with van der Waals surface area (Å²) < 4.78 is 4.99. The number of ether oxygens (including phenoxy) is 1. The number of methoxy groups -OCH3 is 1. The molecule has 0 aliphatic carbocycles. The highest BCUT2D eigenvalue weighted by Crippen LogP contribution is 2.24. The zero-order valence-corrected chi connectivity index (χ0v) is 17.3. The number of likely N-dealkylation sites (N-methyl/N-ethyl adjacent to an activating group) is 1. The van der Waals surface area contributed by atoms with E-state index in [1.165, 1.54) is 31.3 Å². The predicted octanol–water partition coefficient (Wildman–Crippen LogP) is 0.891. The van der Waals surface area contributed by atoms with Gasteiger partial charge in [0.15, 0.2) is 11.8 Å². The summed E-state index contributed by atoms with van der Waals surface area (Å²) in [4.78, 5) is 49.2. The molecule has 0 saturated carbocycles. The van der Waals surface area contributed by atoms with Crippen LogP contribution in [-0.4, -0.2) is 64.1 Å². The summed E-state index contributed by atoms with van der Waals surface area (Å²) >= 11 is 0. The van der Waals surface area contributed by atoms with Crippen LogP contribution in [0.5, 0.6) is 5.88 Å². The molecule has 3 N–H and O–H groups in total. The number of aliphatic carboxylic acids is 1. The van der Waals surface area contributed by atoms with Gasteiger partial charge >= 0.3 is 12.0 Å². The first kappa shape index (κ1) is 22.4. The second kappa shape index (κ2) is 9.69. The van der Waals surface area contributed by atoms with Crippen LogP contribution < -0.4 is 15.4 Å². The number of benzene rings is 1. The third-order valence-electron chi connectivity index (χ3n) is 4.73. The van der Waals surface area contributed by atoms with Gasteiger partial charge in [-0.2, -0.15) is 0 Å². The summed E-state index contributed by atoms with van der Waals surface area (Å²) in [5, 5.41) is 22.1. The molecule has 2 atom stereocenters. The molecule has 11 nitrogen and oxygen atoms in total. The Morgan fingerprint density at radius 2 is 2.00 bits per heavy atom. The number of aromatic nitrogens is 2. The topological polar surface area (TPSA) is 151 Å². The van der Waals surface area contributed by atoms with Crippen LogP contribution in [-0.2, 0) is 14.4 Å². The molecule has 0 bridgehead atoms. The van der Waals surface area contributed by atoms with Crippen molar-refractivity contribution in [3.8, 4) is 17.1 Å². The Balaban J connectivity index is 1.79. The molecule has 1 aromatic heterocycles. The van der Waals surface area contributed by atoms with Crippen LogP contribution in [0.15, 0.2) is 48.7 Å². The number of carbonyl (C=O) groups is 4. The van der Waals surface area contributed by atoms with Crippen molar-refractivity contribution in [2.24, 2.45) is 0 Å². The maximum absolute atomic E-state index is 12.5. The Morgan fingerprint density at radius 3 is 2.66 bits per heavy atom. The molecule has 0 spiro atoms. The molecule has 2 unspecified atom stereocenters. The summed E-state index contributed by atoms with van der Waals surface area (Å²) in [6.07, 6.45) is 2.07. The summed E-state index contributed by atoms with van der Waals surface area (Å²) in [6.45, 7) is 0. The first-order valence-corrected chi connectivity index (χ1v) is 9.54. The number of carboxylic acid groups (broad SMARTS) is 1. The number of nitrogens with one attached hydrogen (secondary N) is 2. The van der Waals surface area contributed by atoms with Gasteiger partial charge in [0.1, 0.15) is 0 Å². The number of carboxylic acids is 1. The van der Waals surface area contributed by atoms with E-state index in [1.54, 1.807) is 36.4 Å². The molecule has 0 saturated heterocycles. The fraction of sp³-hybridized carbons (Fsp3) is 0.238. The minimum atomic E-state index is -1.38. The highest BCUT2D eigenvalue weighted by Gasteiger charge is 2.32. The molecule has 166 valence electrons. The molecule has 0 radical (unpaired) electrons. The normalized spacial score (nSPS) is 16.4. The zero-order chi connectivity index (χ0) is 23.3. The Kier molecular flexibility index (Phi) is 6.78. The van der Waals surface area contributed by atoms with Gasteiger partial charge in [-0.05, 0) is 17.7 Å². The fourth-order valence-corrected chi connectivity index (χ4v) is 3.07. The molecular weight excluding hydrogens is 418 g/mol. The van der Waals surface area contributed by atoms with Crippen molar-refractivity contribution in [2.45, 2.75) is 18.5 Å².